The Hall–Kier alpha value is -2.10. The highest BCUT2D eigenvalue weighted by Crippen LogP contribution is 2.26. The van der Waals surface area contributed by atoms with Crippen LogP contribution in [-0.2, 0) is 0 Å². The molecule has 0 fully saturated rings. The zero-order valence-corrected chi connectivity index (χ0v) is 16.3. The van der Waals surface area contributed by atoms with Crippen LogP contribution in [0, 0.1) is 13.8 Å². The summed E-state index contributed by atoms with van der Waals surface area (Å²) < 4.78 is 7.16. The standard InChI is InChI=1S/C21H30N2O2/c1-7-14(3)18-9-11-19(12-10-18)25-13-20(24)23-17(6)21(15(4)8-2)16(5)22-23/h9-12,14-15H,7-8,13H2,1-6H3. The molecule has 1 heterocycles. The van der Waals surface area contributed by atoms with Gasteiger partial charge in [0.25, 0.3) is 5.91 Å². The molecule has 0 saturated heterocycles. The summed E-state index contributed by atoms with van der Waals surface area (Å²) in [4.78, 5) is 12.5. The minimum Gasteiger partial charge on any atom is -0.484 e. The average molecular weight is 342 g/mol. The van der Waals surface area contributed by atoms with Crippen molar-refractivity contribution >= 4 is 5.91 Å². The predicted molar refractivity (Wildman–Crippen MR) is 102 cm³/mol. The molecule has 2 aromatic rings. The molecule has 2 atom stereocenters. The van der Waals surface area contributed by atoms with Gasteiger partial charge in [-0.15, -0.1) is 0 Å². The molecular formula is C21H30N2O2. The molecule has 4 heteroatoms. The molecule has 25 heavy (non-hydrogen) atoms. The fraction of sp³-hybridized carbons (Fsp3) is 0.524. The second-order valence-electron chi connectivity index (χ2n) is 6.87. The molecule has 2 unspecified atom stereocenters. The average Bonchev–Trinajstić information content (AvgIpc) is 2.93. The molecule has 0 amide bonds. The number of carbonyl (C=O) groups is 1. The molecule has 0 radical (unpaired) electrons. The second-order valence-corrected chi connectivity index (χ2v) is 6.87. The van der Waals surface area contributed by atoms with E-state index in [0.717, 1.165) is 24.2 Å². The first kappa shape index (κ1) is 19.2. The Kier molecular flexibility index (Phi) is 6.40. The van der Waals surface area contributed by atoms with E-state index in [4.69, 9.17) is 4.74 Å². The van der Waals surface area contributed by atoms with Gasteiger partial charge < -0.3 is 4.74 Å². The van der Waals surface area contributed by atoms with Crippen molar-refractivity contribution < 1.29 is 9.53 Å². The third-order valence-electron chi connectivity index (χ3n) is 5.11. The van der Waals surface area contributed by atoms with Crippen LogP contribution in [0.5, 0.6) is 5.75 Å². The Morgan fingerprint density at radius 2 is 1.68 bits per heavy atom. The summed E-state index contributed by atoms with van der Waals surface area (Å²) in [6, 6.07) is 8.00. The number of benzene rings is 1. The third-order valence-corrected chi connectivity index (χ3v) is 5.11. The summed E-state index contributed by atoms with van der Waals surface area (Å²) >= 11 is 0. The van der Waals surface area contributed by atoms with Crippen molar-refractivity contribution in [2.24, 2.45) is 0 Å². The summed E-state index contributed by atoms with van der Waals surface area (Å²) in [7, 11) is 0. The Balaban J connectivity index is 2.06. The van der Waals surface area contributed by atoms with Crippen LogP contribution in [0.25, 0.3) is 0 Å². The highest BCUT2D eigenvalue weighted by molar-refractivity contribution is 5.80. The predicted octanol–water partition coefficient (Wildman–Crippen LogP) is 5.25. The number of rotatable bonds is 7. The molecule has 0 aliphatic carbocycles. The lowest BCUT2D eigenvalue weighted by atomic mass is 9.97. The number of aromatic nitrogens is 2. The van der Waals surface area contributed by atoms with Crippen LogP contribution in [-0.4, -0.2) is 22.3 Å². The summed E-state index contributed by atoms with van der Waals surface area (Å²) in [6.45, 7) is 12.6. The van der Waals surface area contributed by atoms with Gasteiger partial charge in [0.1, 0.15) is 5.75 Å². The van der Waals surface area contributed by atoms with E-state index >= 15 is 0 Å². The lowest BCUT2D eigenvalue weighted by Crippen LogP contribution is -2.21. The van der Waals surface area contributed by atoms with E-state index in [9.17, 15) is 4.79 Å². The summed E-state index contributed by atoms with van der Waals surface area (Å²) in [5, 5.41) is 4.43. The number of ether oxygens (including phenoxy) is 1. The van der Waals surface area contributed by atoms with E-state index in [1.807, 2.05) is 26.0 Å². The van der Waals surface area contributed by atoms with Gasteiger partial charge in [-0.05, 0) is 61.8 Å². The summed E-state index contributed by atoms with van der Waals surface area (Å²) in [5.41, 5.74) is 4.32. The van der Waals surface area contributed by atoms with Crippen LogP contribution in [0.3, 0.4) is 0 Å². The maximum atomic E-state index is 12.5. The first-order chi connectivity index (χ1) is 11.9. The minimum atomic E-state index is -0.138. The monoisotopic (exact) mass is 342 g/mol. The van der Waals surface area contributed by atoms with E-state index in [-0.39, 0.29) is 12.5 Å². The fourth-order valence-corrected chi connectivity index (χ4v) is 3.15. The molecule has 0 spiro atoms. The van der Waals surface area contributed by atoms with Gasteiger partial charge in [0, 0.05) is 5.69 Å². The van der Waals surface area contributed by atoms with E-state index in [2.05, 4.69) is 44.9 Å². The molecule has 2 rings (SSSR count). The normalized spacial score (nSPS) is 13.5. The quantitative estimate of drug-likeness (QED) is 0.690. The smallest absolute Gasteiger partial charge is 0.284 e. The SMILES string of the molecule is CCC(C)c1ccc(OCC(=O)n2nc(C)c(C(C)CC)c2C)cc1. The first-order valence-electron chi connectivity index (χ1n) is 9.21. The third kappa shape index (κ3) is 4.30. The van der Waals surface area contributed by atoms with Crippen LogP contribution in [0.4, 0.5) is 0 Å². The fourth-order valence-electron chi connectivity index (χ4n) is 3.15. The van der Waals surface area contributed by atoms with Gasteiger partial charge in [-0.1, -0.05) is 39.8 Å². The number of nitrogens with zero attached hydrogens (tertiary/aromatic N) is 2. The lowest BCUT2D eigenvalue weighted by Gasteiger charge is -2.11. The Morgan fingerprint density at radius 3 is 2.24 bits per heavy atom. The van der Waals surface area contributed by atoms with Gasteiger partial charge in [-0.25, -0.2) is 4.68 Å². The van der Waals surface area contributed by atoms with Crippen molar-refractivity contribution in [1.82, 2.24) is 9.78 Å². The van der Waals surface area contributed by atoms with Crippen molar-refractivity contribution in [3.8, 4) is 5.75 Å². The van der Waals surface area contributed by atoms with Crippen LogP contribution in [0.15, 0.2) is 24.3 Å². The molecule has 0 N–H and O–H groups in total. The van der Waals surface area contributed by atoms with Gasteiger partial charge in [0.05, 0.1) is 5.69 Å². The molecule has 1 aromatic heterocycles. The maximum Gasteiger partial charge on any atom is 0.284 e. The van der Waals surface area contributed by atoms with Crippen molar-refractivity contribution in [2.75, 3.05) is 6.61 Å². The molecule has 0 aliphatic heterocycles. The number of hydrogen-bond donors (Lipinski definition) is 0. The molecular weight excluding hydrogens is 312 g/mol. The molecule has 0 bridgehead atoms. The van der Waals surface area contributed by atoms with Gasteiger partial charge in [0.15, 0.2) is 6.61 Å². The van der Waals surface area contributed by atoms with Crippen molar-refractivity contribution in [2.45, 2.75) is 66.2 Å². The van der Waals surface area contributed by atoms with Gasteiger partial charge in [0.2, 0.25) is 0 Å². The Bertz CT molecular complexity index is 716. The number of aryl methyl sites for hydroxylation is 1. The van der Waals surface area contributed by atoms with E-state index in [1.54, 1.807) is 0 Å². The van der Waals surface area contributed by atoms with Gasteiger partial charge >= 0.3 is 0 Å². The molecule has 0 saturated carbocycles. The Morgan fingerprint density at radius 1 is 1.08 bits per heavy atom. The number of carbonyl (C=O) groups excluding carboxylic acids is 1. The zero-order valence-electron chi connectivity index (χ0n) is 16.3. The Labute approximate surface area is 151 Å². The highest BCUT2D eigenvalue weighted by atomic mass is 16.5. The second kappa shape index (κ2) is 8.32. The molecule has 1 aromatic carbocycles. The van der Waals surface area contributed by atoms with Crippen LogP contribution in [0.1, 0.15) is 79.7 Å². The van der Waals surface area contributed by atoms with Crippen molar-refractivity contribution in [1.29, 1.82) is 0 Å². The van der Waals surface area contributed by atoms with E-state index in [0.29, 0.717) is 17.6 Å². The van der Waals surface area contributed by atoms with E-state index in [1.165, 1.54) is 15.8 Å². The topological polar surface area (TPSA) is 44.1 Å². The van der Waals surface area contributed by atoms with Crippen molar-refractivity contribution in [3.05, 3.63) is 46.8 Å². The van der Waals surface area contributed by atoms with Crippen LogP contribution < -0.4 is 4.74 Å². The van der Waals surface area contributed by atoms with Gasteiger partial charge in [-0.2, -0.15) is 5.10 Å². The van der Waals surface area contributed by atoms with Crippen LogP contribution >= 0.6 is 0 Å². The summed E-state index contributed by atoms with van der Waals surface area (Å²) in [6.07, 6.45) is 2.13. The minimum absolute atomic E-state index is 0.00934. The van der Waals surface area contributed by atoms with Crippen molar-refractivity contribution in [3.63, 3.8) is 0 Å². The van der Waals surface area contributed by atoms with E-state index < -0.39 is 0 Å². The van der Waals surface area contributed by atoms with Crippen LogP contribution in [0.2, 0.25) is 0 Å². The van der Waals surface area contributed by atoms with Gasteiger partial charge in [-0.3, -0.25) is 4.79 Å². The lowest BCUT2D eigenvalue weighted by molar-refractivity contribution is 0.0818. The highest BCUT2D eigenvalue weighted by Gasteiger charge is 2.20. The maximum absolute atomic E-state index is 12.5. The zero-order chi connectivity index (χ0) is 18.6. The molecule has 4 nitrogen and oxygen atoms in total. The number of hydrogen-bond acceptors (Lipinski definition) is 3. The largest absolute Gasteiger partial charge is 0.484 e. The molecule has 136 valence electrons. The molecule has 0 aliphatic rings. The summed E-state index contributed by atoms with van der Waals surface area (Å²) in [5.74, 6) is 1.50. The first-order valence-corrected chi connectivity index (χ1v) is 9.21.